The monoisotopic (exact) mass is 619 g/mol. The number of aryl methyl sites for hydroxylation is 1. The Balaban J connectivity index is 1.37. The summed E-state index contributed by atoms with van der Waals surface area (Å²) in [5, 5.41) is 9.23. The number of nitrogens with zero attached hydrogens (tertiary/aromatic N) is 3. The Morgan fingerprint density at radius 2 is 1.76 bits per heavy atom. The van der Waals surface area contributed by atoms with Crippen LogP contribution >= 0.6 is 35.4 Å². The number of amidine groups is 1. The second-order valence-electron chi connectivity index (χ2n) is 12.1. The summed E-state index contributed by atoms with van der Waals surface area (Å²) in [6, 6.07) is 20.8. The molecule has 0 bridgehead atoms. The van der Waals surface area contributed by atoms with Crippen LogP contribution in [0.15, 0.2) is 76.8 Å². The van der Waals surface area contributed by atoms with Crippen molar-refractivity contribution >= 4 is 69.9 Å². The van der Waals surface area contributed by atoms with E-state index in [9.17, 15) is 4.79 Å². The Morgan fingerprint density at radius 1 is 1.07 bits per heavy atom. The van der Waals surface area contributed by atoms with Gasteiger partial charge in [0.2, 0.25) is 5.11 Å². The number of aliphatic imine (C=N–C) groups is 1. The third kappa shape index (κ3) is 6.24. The molecule has 2 N–H and O–H groups in total. The molecule has 1 aliphatic carbocycles. The van der Waals surface area contributed by atoms with Crippen molar-refractivity contribution in [1.29, 1.82) is 0 Å². The van der Waals surface area contributed by atoms with Gasteiger partial charge in [-0.3, -0.25) is 4.79 Å². The smallest absolute Gasteiger partial charge is 0.271 e. The number of hydrazone groups is 1. The molecule has 1 fully saturated rings. The number of benzene rings is 3. The molecule has 3 aromatic rings. The summed E-state index contributed by atoms with van der Waals surface area (Å²) in [6.07, 6.45) is 5.50. The Hall–Kier alpha value is -3.26. The number of carbonyl (C=O) groups is 1. The highest BCUT2D eigenvalue weighted by Gasteiger charge is 2.51. The second-order valence-corrected chi connectivity index (χ2v) is 13.3. The topological polar surface area (TPSA) is 69.1 Å². The highest BCUT2D eigenvalue weighted by atomic mass is 35.5. The van der Waals surface area contributed by atoms with E-state index in [1.165, 1.54) is 6.21 Å². The summed E-state index contributed by atoms with van der Waals surface area (Å²) in [6.45, 7) is 9.07. The van der Waals surface area contributed by atoms with Gasteiger partial charge in [-0.05, 0) is 104 Å². The van der Waals surface area contributed by atoms with Crippen molar-refractivity contribution in [1.82, 2.24) is 5.43 Å². The van der Waals surface area contributed by atoms with Crippen LogP contribution in [0, 0.1) is 18.3 Å². The SMILES string of the molecule is Cc1ccccc1NC1=NC(=S)N(c2ccc(C(=O)NN=Cc3ccc(Cl)cc3Cl)cc2)C12CCC(C(C)(C)C)CC2. The van der Waals surface area contributed by atoms with Crippen LogP contribution in [0.25, 0.3) is 0 Å². The van der Waals surface area contributed by atoms with E-state index in [2.05, 4.69) is 60.6 Å². The fourth-order valence-electron chi connectivity index (χ4n) is 5.90. The number of hydrogen-bond acceptors (Lipinski definition) is 4. The van der Waals surface area contributed by atoms with Crippen molar-refractivity contribution < 1.29 is 4.79 Å². The molecule has 2 aliphatic rings. The van der Waals surface area contributed by atoms with Gasteiger partial charge < -0.3 is 10.2 Å². The first kappa shape index (κ1) is 30.2. The second kappa shape index (κ2) is 12.2. The fraction of sp³-hybridized carbons (Fsp3) is 0.333. The quantitative estimate of drug-likeness (QED) is 0.170. The minimum atomic E-state index is -0.382. The maximum Gasteiger partial charge on any atom is 0.271 e. The number of anilines is 2. The number of carbonyl (C=O) groups excluding carboxylic acids is 1. The zero-order chi connectivity index (χ0) is 30.1. The number of rotatable bonds is 5. The molecule has 6 nitrogen and oxygen atoms in total. The van der Waals surface area contributed by atoms with E-state index in [-0.39, 0.29) is 16.9 Å². The van der Waals surface area contributed by atoms with Crippen LogP contribution < -0.4 is 15.6 Å². The van der Waals surface area contributed by atoms with Crippen LogP contribution in [-0.4, -0.2) is 28.6 Å². The minimum absolute atomic E-state index is 0.239. The van der Waals surface area contributed by atoms with Crippen LogP contribution in [0.5, 0.6) is 0 Å². The van der Waals surface area contributed by atoms with Crippen LogP contribution in [0.3, 0.4) is 0 Å². The van der Waals surface area contributed by atoms with Crippen molar-refractivity contribution in [2.45, 2.75) is 58.9 Å². The largest absolute Gasteiger partial charge is 0.341 e. The normalized spacial score (nSPS) is 20.7. The maximum atomic E-state index is 12.8. The molecule has 1 spiro atoms. The summed E-state index contributed by atoms with van der Waals surface area (Å²) in [5.74, 6) is 1.19. The fourth-order valence-corrected chi connectivity index (χ4v) is 6.72. The average Bonchev–Trinajstić information content (AvgIpc) is 3.20. The van der Waals surface area contributed by atoms with E-state index in [1.807, 2.05) is 24.3 Å². The first-order valence-electron chi connectivity index (χ1n) is 14.1. The van der Waals surface area contributed by atoms with E-state index in [0.29, 0.717) is 32.2 Å². The van der Waals surface area contributed by atoms with Gasteiger partial charge in [0.1, 0.15) is 11.4 Å². The lowest BCUT2D eigenvalue weighted by Crippen LogP contribution is -2.56. The van der Waals surface area contributed by atoms with Gasteiger partial charge in [0, 0.05) is 27.5 Å². The molecular formula is C33H35Cl2N5OS. The predicted molar refractivity (Wildman–Crippen MR) is 179 cm³/mol. The molecule has 0 aromatic heterocycles. The van der Waals surface area contributed by atoms with Crippen LogP contribution in [0.4, 0.5) is 11.4 Å². The van der Waals surface area contributed by atoms with Gasteiger partial charge >= 0.3 is 0 Å². The molecule has 0 saturated heterocycles. The molecule has 3 aromatic carbocycles. The summed E-state index contributed by atoms with van der Waals surface area (Å²) >= 11 is 18.0. The third-order valence-electron chi connectivity index (χ3n) is 8.42. The van der Waals surface area contributed by atoms with E-state index >= 15 is 0 Å². The number of para-hydroxylation sites is 1. The number of halogens is 2. The molecule has 1 aliphatic heterocycles. The Kier molecular flexibility index (Phi) is 8.74. The minimum Gasteiger partial charge on any atom is -0.341 e. The Labute approximate surface area is 263 Å². The van der Waals surface area contributed by atoms with Gasteiger partial charge in [-0.15, -0.1) is 0 Å². The number of nitrogens with one attached hydrogen (secondary N) is 2. The Bertz CT molecular complexity index is 1550. The van der Waals surface area contributed by atoms with Crippen molar-refractivity contribution in [2.75, 3.05) is 10.2 Å². The van der Waals surface area contributed by atoms with Crippen LogP contribution in [0.1, 0.15) is 67.9 Å². The van der Waals surface area contributed by atoms with Gasteiger partial charge in [0.15, 0.2) is 0 Å². The van der Waals surface area contributed by atoms with Crippen molar-refractivity contribution in [2.24, 2.45) is 21.4 Å². The first-order valence-corrected chi connectivity index (χ1v) is 15.3. The van der Waals surface area contributed by atoms with E-state index in [4.69, 9.17) is 40.4 Å². The maximum absolute atomic E-state index is 12.8. The molecule has 1 saturated carbocycles. The lowest BCUT2D eigenvalue weighted by atomic mass is 9.66. The summed E-state index contributed by atoms with van der Waals surface area (Å²) in [5.41, 5.74) is 6.65. The first-order chi connectivity index (χ1) is 20.0. The van der Waals surface area contributed by atoms with E-state index in [0.717, 1.165) is 48.5 Å². The molecule has 0 atom stereocenters. The molecule has 0 radical (unpaired) electrons. The van der Waals surface area contributed by atoms with Gasteiger partial charge in [-0.1, -0.05) is 68.2 Å². The van der Waals surface area contributed by atoms with Gasteiger partial charge in [-0.2, -0.15) is 5.10 Å². The molecular weight excluding hydrogens is 585 g/mol. The molecule has 1 amide bonds. The number of thiocarbonyl (C=S) groups is 1. The van der Waals surface area contributed by atoms with Crippen LogP contribution in [-0.2, 0) is 0 Å². The molecule has 218 valence electrons. The van der Waals surface area contributed by atoms with Crippen molar-refractivity contribution in [3.8, 4) is 0 Å². The standard InChI is InChI=1S/C33H35Cl2N5OS/c1-21-7-5-6-8-28(21)37-30-33(17-15-24(16-18-33)32(2,3)4)40(31(42)38-30)26-13-10-22(11-14-26)29(41)39-36-20-23-9-12-25(34)19-27(23)35/h5-14,19-20,24H,15-18H2,1-4H3,(H,39,41)(H,37,38,42). The van der Waals surface area contributed by atoms with Gasteiger partial charge in [0.25, 0.3) is 5.91 Å². The van der Waals surface area contributed by atoms with Crippen LogP contribution in [0.2, 0.25) is 10.0 Å². The van der Waals surface area contributed by atoms with E-state index in [1.54, 1.807) is 30.3 Å². The molecule has 5 rings (SSSR count). The number of amides is 1. The molecule has 9 heteroatoms. The average molecular weight is 621 g/mol. The third-order valence-corrected chi connectivity index (χ3v) is 9.26. The summed E-state index contributed by atoms with van der Waals surface area (Å²) in [4.78, 5) is 19.9. The highest BCUT2D eigenvalue weighted by Crippen LogP contribution is 2.48. The van der Waals surface area contributed by atoms with Crippen molar-refractivity contribution in [3.63, 3.8) is 0 Å². The zero-order valence-electron chi connectivity index (χ0n) is 24.2. The summed E-state index contributed by atoms with van der Waals surface area (Å²) in [7, 11) is 0. The number of hydrogen-bond donors (Lipinski definition) is 2. The van der Waals surface area contributed by atoms with Gasteiger partial charge in [-0.25, -0.2) is 10.4 Å². The van der Waals surface area contributed by atoms with Gasteiger partial charge in [0.05, 0.1) is 11.2 Å². The predicted octanol–water partition coefficient (Wildman–Crippen LogP) is 8.66. The van der Waals surface area contributed by atoms with Crippen molar-refractivity contribution in [3.05, 3.63) is 93.5 Å². The molecule has 1 heterocycles. The zero-order valence-corrected chi connectivity index (χ0v) is 26.6. The molecule has 42 heavy (non-hydrogen) atoms. The van der Waals surface area contributed by atoms with E-state index < -0.39 is 0 Å². The highest BCUT2D eigenvalue weighted by molar-refractivity contribution is 7.80. The summed E-state index contributed by atoms with van der Waals surface area (Å²) < 4.78 is 0. The lowest BCUT2D eigenvalue weighted by molar-refractivity contribution is 0.0955. The molecule has 0 unspecified atom stereocenters. The Morgan fingerprint density at radius 3 is 2.40 bits per heavy atom. The lowest BCUT2D eigenvalue weighted by Gasteiger charge is -2.47.